The number of rotatable bonds is 3. The maximum atomic E-state index is 8.63. The van der Waals surface area contributed by atoms with Crippen molar-refractivity contribution in [1.82, 2.24) is 9.78 Å². The third-order valence-electron chi connectivity index (χ3n) is 3.24. The lowest BCUT2D eigenvalue weighted by molar-refractivity contribution is 0.318. The summed E-state index contributed by atoms with van der Waals surface area (Å²) in [6.07, 6.45) is 1.86. The lowest BCUT2D eigenvalue weighted by Crippen LogP contribution is -2.13. The van der Waals surface area contributed by atoms with E-state index in [-0.39, 0.29) is 5.84 Å². The summed E-state index contributed by atoms with van der Waals surface area (Å²) in [7, 11) is 0. The Labute approximate surface area is 115 Å². The first-order valence-corrected chi connectivity index (χ1v) is 6.25. The summed E-state index contributed by atoms with van der Waals surface area (Å²) in [5.41, 5.74) is 8.44. The van der Waals surface area contributed by atoms with Gasteiger partial charge in [-0.25, -0.2) is 0 Å². The molecule has 0 saturated heterocycles. The van der Waals surface area contributed by atoms with Crippen LogP contribution in [-0.4, -0.2) is 20.8 Å². The zero-order chi connectivity index (χ0) is 13.9. The summed E-state index contributed by atoms with van der Waals surface area (Å²) in [5, 5.41) is 17.1. The van der Waals surface area contributed by atoms with Gasteiger partial charge in [0.1, 0.15) is 0 Å². The molecule has 5 nitrogen and oxygen atoms in total. The molecule has 3 aromatic rings. The number of benzene rings is 2. The SMILES string of the molecule is NC(=NO)c1ccc(Cn2ncc3ccccc32)cc1. The van der Waals surface area contributed by atoms with Crippen LogP contribution in [0.1, 0.15) is 11.1 Å². The molecule has 1 heterocycles. The minimum Gasteiger partial charge on any atom is -0.409 e. The van der Waals surface area contributed by atoms with Crippen LogP contribution < -0.4 is 5.73 Å². The van der Waals surface area contributed by atoms with E-state index >= 15 is 0 Å². The number of fused-ring (bicyclic) bond motifs is 1. The molecule has 0 radical (unpaired) electrons. The number of nitrogens with zero attached hydrogens (tertiary/aromatic N) is 3. The molecular weight excluding hydrogens is 252 g/mol. The molecule has 20 heavy (non-hydrogen) atoms. The van der Waals surface area contributed by atoms with Crippen LogP contribution in [0, 0.1) is 0 Å². The van der Waals surface area contributed by atoms with Crippen LogP contribution in [0.25, 0.3) is 10.9 Å². The number of aromatic nitrogens is 2. The minimum atomic E-state index is 0.112. The lowest BCUT2D eigenvalue weighted by Gasteiger charge is -2.05. The highest BCUT2D eigenvalue weighted by molar-refractivity contribution is 5.96. The van der Waals surface area contributed by atoms with Gasteiger partial charge in [-0.2, -0.15) is 5.10 Å². The van der Waals surface area contributed by atoms with Crippen molar-refractivity contribution in [2.45, 2.75) is 6.54 Å². The van der Waals surface area contributed by atoms with Crippen LogP contribution >= 0.6 is 0 Å². The van der Waals surface area contributed by atoms with Gasteiger partial charge in [-0.3, -0.25) is 4.68 Å². The molecule has 0 amide bonds. The quantitative estimate of drug-likeness (QED) is 0.330. The Morgan fingerprint density at radius 3 is 2.65 bits per heavy atom. The first-order valence-electron chi connectivity index (χ1n) is 6.25. The fourth-order valence-electron chi connectivity index (χ4n) is 2.16. The van der Waals surface area contributed by atoms with Crippen LogP contribution in [0.15, 0.2) is 59.9 Å². The Morgan fingerprint density at radius 1 is 1.15 bits per heavy atom. The summed E-state index contributed by atoms with van der Waals surface area (Å²) in [5.74, 6) is 0.112. The molecule has 5 heteroatoms. The van der Waals surface area contributed by atoms with Crippen molar-refractivity contribution in [1.29, 1.82) is 0 Å². The summed E-state index contributed by atoms with van der Waals surface area (Å²) < 4.78 is 1.95. The van der Waals surface area contributed by atoms with E-state index in [0.29, 0.717) is 12.1 Å². The zero-order valence-corrected chi connectivity index (χ0v) is 10.8. The normalized spacial score (nSPS) is 11.9. The molecule has 0 spiro atoms. The van der Waals surface area contributed by atoms with Gasteiger partial charge in [0.2, 0.25) is 0 Å². The molecule has 0 bridgehead atoms. The van der Waals surface area contributed by atoms with E-state index in [2.05, 4.69) is 10.3 Å². The summed E-state index contributed by atoms with van der Waals surface area (Å²) in [6, 6.07) is 15.6. The van der Waals surface area contributed by atoms with E-state index in [1.54, 1.807) is 0 Å². The molecule has 3 rings (SSSR count). The highest BCUT2D eigenvalue weighted by Gasteiger charge is 2.03. The Balaban J connectivity index is 1.88. The molecule has 0 aliphatic rings. The van der Waals surface area contributed by atoms with Crippen molar-refractivity contribution in [3.63, 3.8) is 0 Å². The van der Waals surface area contributed by atoms with Gasteiger partial charge in [-0.1, -0.05) is 47.6 Å². The van der Waals surface area contributed by atoms with Crippen LogP contribution in [0.5, 0.6) is 0 Å². The van der Waals surface area contributed by atoms with Gasteiger partial charge in [0.05, 0.1) is 18.3 Å². The van der Waals surface area contributed by atoms with Gasteiger partial charge in [-0.05, 0) is 11.6 Å². The van der Waals surface area contributed by atoms with Gasteiger partial charge in [0.15, 0.2) is 5.84 Å². The van der Waals surface area contributed by atoms with E-state index in [1.165, 1.54) is 0 Å². The van der Waals surface area contributed by atoms with Crippen molar-refractivity contribution in [3.8, 4) is 0 Å². The standard InChI is InChI=1S/C15H14N4O/c16-15(18-20)12-7-5-11(6-8-12)10-19-14-4-2-1-3-13(14)9-17-19/h1-9,20H,10H2,(H2,16,18). The number of hydrogen-bond acceptors (Lipinski definition) is 3. The first kappa shape index (κ1) is 12.2. The number of para-hydroxylation sites is 1. The smallest absolute Gasteiger partial charge is 0.170 e. The van der Waals surface area contributed by atoms with Crippen molar-refractivity contribution >= 4 is 16.7 Å². The van der Waals surface area contributed by atoms with Gasteiger partial charge < -0.3 is 10.9 Å². The van der Waals surface area contributed by atoms with Crippen LogP contribution in [0.4, 0.5) is 0 Å². The Morgan fingerprint density at radius 2 is 1.90 bits per heavy atom. The zero-order valence-electron chi connectivity index (χ0n) is 10.8. The maximum Gasteiger partial charge on any atom is 0.170 e. The van der Waals surface area contributed by atoms with Crippen molar-refractivity contribution in [2.75, 3.05) is 0 Å². The van der Waals surface area contributed by atoms with Crippen molar-refractivity contribution in [2.24, 2.45) is 10.9 Å². The van der Waals surface area contributed by atoms with Gasteiger partial charge in [-0.15, -0.1) is 0 Å². The second kappa shape index (κ2) is 5.05. The fraction of sp³-hybridized carbons (Fsp3) is 0.0667. The topological polar surface area (TPSA) is 76.4 Å². The summed E-state index contributed by atoms with van der Waals surface area (Å²) >= 11 is 0. The van der Waals surface area contributed by atoms with Gasteiger partial charge in [0.25, 0.3) is 0 Å². The summed E-state index contributed by atoms with van der Waals surface area (Å²) in [6.45, 7) is 0.684. The Bertz CT molecular complexity index is 759. The molecule has 0 atom stereocenters. The molecule has 3 N–H and O–H groups in total. The first-order chi connectivity index (χ1) is 9.78. The van der Waals surface area contributed by atoms with E-state index in [9.17, 15) is 0 Å². The molecule has 0 saturated carbocycles. The maximum absolute atomic E-state index is 8.63. The number of amidine groups is 1. The number of hydrogen-bond donors (Lipinski definition) is 2. The highest BCUT2D eigenvalue weighted by atomic mass is 16.4. The van der Waals surface area contributed by atoms with Gasteiger partial charge >= 0.3 is 0 Å². The van der Waals surface area contributed by atoms with E-state index in [4.69, 9.17) is 10.9 Å². The van der Waals surface area contributed by atoms with E-state index < -0.39 is 0 Å². The predicted octanol–water partition coefficient (Wildman–Crippen LogP) is 2.18. The fourth-order valence-corrected chi connectivity index (χ4v) is 2.16. The molecule has 1 aromatic heterocycles. The number of oxime groups is 1. The number of nitrogens with two attached hydrogens (primary N) is 1. The molecule has 0 fully saturated rings. The third kappa shape index (κ3) is 2.21. The third-order valence-corrected chi connectivity index (χ3v) is 3.24. The molecular formula is C15H14N4O. The second-order valence-electron chi connectivity index (χ2n) is 4.54. The van der Waals surface area contributed by atoms with Crippen LogP contribution in [0.2, 0.25) is 0 Å². The summed E-state index contributed by atoms with van der Waals surface area (Å²) in [4.78, 5) is 0. The molecule has 100 valence electrons. The van der Waals surface area contributed by atoms with Crippen molar-refractivity contribution < 1.29 is 5.21 Å². The van der Waals surface area contributed by atoms with Crippen LogP contribution in [-0.2, 0) is 6.54 Å². The van der Waals surface area contributed by atoms with Crippen molar-refractivity contribution in [3.05, 3.63) is 65.9 Å². The average Bonchev–Trinajstić information content (AvgIpc) is 2.91. The van der Waals surface area contributed by atoms with E-state index in [0.717, 1.165) is 16.5 Å². The lowest BCUT2D eigenvalue weighted by atomic mass is 10.1. The molecule has 0 unspecified atom stereocenters. The predicted molar refractivity (Wildman–Crippen MR) is 77.8 cm³/mol. The molecule has 0 aliphatic carbocycles. The monoisotopic (exact) mass is 266 g/mol. The van der Waals surface area contributed by atoms with Crippen LogP contribution in [0.3, 0.4) is 0 Å². The minimum absolute atomic E-state index is 0.112. The Kier molecular flexibility index (Phi) is 3.09. The molecule has 2 aromatic carbocycles. The second-order valence-corrected chi connectivity index (χ2v) is 4.54. The molecule has 0 aliphatic heterocycles. The highest BCUT2D eigenvalue weighted by Crippen LogP contribution is 2.14. The van der Waals surface area contributed by atoms with Gasteiger partial charge in [0, 0.05) is 10.9 Å². The average molecular weight is 266 g/mol. The largest absolute Gasteiger partial charge is 0.409 e. The van der Waals surface area contributed by atoms with E-state index in [1.807, 2.05) is 59.4 Å². The Hall–Kier alpha value is -2.82.